The SMILES string of the molecule is O=[N+]([O-])c1ccccc1C1=Cc2[nH]cc(-c3ccccc3)c2CC1. The van der Waals surface area contributed by atoms with E-state index in [1.54, 1.807) is 12.1 Å². The first-order valence-electron chi connectivity index (χ1n) is 7.94. The van der Waals surface area contributed by atoms with E-state index in [1.807, 2.05) is 42.6 Å². The van der Waals surface area contributed by atoms with Crippen molar-refractivity contribution in [3.8, 4) is 11.1 Å². The minimum absolute atomic E-state index is 0.169. The summed E-state index contributed by atoms with van der Waals surface area (Å²) in [6.45, 7) is 0. The highest BCUT2D eigenvalue weighted by Crippen LogP contribution is 2.38. The minimum atomic E-state index is -0.310. The highest BCUT2D eigenvalue weighted by atomic mass is 16.6. The average molecular weight is 316 g/mol. The Labute approximate surface area is 139 Å². The molecule has 4 rings (SSSR count). The maximum Gasteiger partial charge on any atom is 0.276 e. The van der Waals surface area contributed by atoms with Crippen molar-refractivity contribution >= 4 is 17.3 Å². The van der Waals surface area contributed by atoms with Crippen LogP contribution in [0.25, 0.3) is 22.8 Å². The van der Waals surface area contributed by atoms with Crippen LogP contribution in [0.2, 0.25) is 0 Å². The Morgan fingerprint density at radius 3 is 2.46 bits per heavy atom. The van der Waals surface area contributed by atoms with E-state index in [4.69, 9.17) is 0 Å². The number of aromatic amines is 1. The number of para-hydroxylation sites is 1. The quantitative estimate of drug-likeness (QED) is 0.541. The Bertz CT molecular complexity index is 939. The summed E-state index contributed by atoms with van der Waals surface area (Å²) >= 11 is 0. The van der Waals surface area contributed by atoms with Gasteiger partial charge in [0.15, 0.2) is 0 Å². The van der Waals surface area contributed by atoms with Crippen LogP contribution in [0, 0.1) is 10.1 Å². The first-order valence-corrected chi connectivity index (χ1v) is 7.94. The van der Waals surface area contributed by atoms with Gasteiger partial charge in [0, 0.05) is 23.5 Å². The number of fused-ring (bicyclic) bond motifs is 1. The second-order valence-electron chi connectivity index (χ2n) is 5.90. The lowest BCUT2D eigenvalue weighted by molar-refractivity contribution is -0.385. The lowest BCUT2D eigenvalue weighted by atomic mass is 9.88. The van der Waals surface area contributed by atoms with E-state index in [-0.39, 0.29) is 10.6 Å². The van der Waals surface area contributed by atoms with Crippen molar-refractivity contribution in [3.05, 3.63) is 87.7 Å². The summed E-state index contributed by atoms with van der Waals surface area (Å²) in [5.74, 6) is 0. The van der Waals surface area contributed by atoms with Crippen LogP contribution in [0.3, 0.4) is 0 Å². The van der Waals surface area contributed by atoms with Crippen LogP contribution < -0.4 is 0 Å². The van der Waals surface area contributed by atoms with E-state index in [0.717, 1.165) is 24.1 Å². The molecule has 0 amide bonds. The van der Waals surface area contributed by atoms with Gasteiger partial charge < -0.3 is 4.98 Å². The van der Waals surface area contributed by atoms with Crippen molar-refractivity contribution in [3.63, 3.8) is 0 Å². The fourth-order valence-electron chi connectivity index (χ4n) is 3.37. The zero-order valence-corrected chi connectivity index (χ0v) is 13.0. The number of H-pyrrole nitrogens is 1. The standard InChI is InChI=1S/C20H16N2O2/c23-22(24)20-9-5-4-8-16(20)15-10-11-17-18(13-21-19(17)12-15)14-6-2-1-3-7-14/h1-9,12-13,21H,10-11H2. The van der Waals surface area contributed by atoms with Crippen LogP contribution in [0.5, 0.6) is 0 Å². The van der Waals surface area contributed by atoms with Gasteiger partial charge in [-0.3, -0.25) is 10.1 Å². The topological polar surface area (TPSA) is 58.9 Å². The highest BCUT2D eigenvalue weighted by Gasteiger charge is 2.22. The molecule has 0 atom stereocenters. The Balaban J connectivity index is 1.77. The van der Waals surface area contributed by atoms with Crippen LogP contribution in [-0.2, 0) is 6.42 Å². The monoisotopic (exact) mass is 316 g/mol. The van der Waals surface area contributed by atoms with Crippen LogP contribution >= 0.6 is 0 Å². The molecule has 4 heteroatoms. The second-order valence-corrected chi connectivity index (χ2v) is 5.90. The first-order chi connectivity index (χ1) is 11.7. The fraction of sp³-hybridized carbons (Fsp3) is 0.100. The molecule has 2 aromatic carbocycles. The molecule has 0 saturated heterocycles. The van der Waals surface area contributed by atoms with Gasteiger partial charge in [0.05, 0.1) is 10.5 Å². The van der Waals surface area contributed by atoms with Gasteiger partial charge in [-0.1, -0.05) is 42.5 Å². The number of hydrogen-bond acceptors (Lipinski definition) is 2. The van der Waals surface area contributed by atoms with E-state index >= 15 is 0 Å². The van der Waals surface area contributed by atoms with Gasteiger partial charge in [-0.15, -0.1) is 0 Å². The van der Waals surface area contributed by atoms with Crippen molar-refractivity contribution in [2.45, 2.75) is 12.8 Å². The fourth-order valence-corrected chi connectivity index (χ4v) is 3.37. The third-order valence-corrected chi connectivity index (χ3v) is 4.52. The van der Waals surface area contributed by atoms with Gasteiger partial charge in [0.25, 0.3) is 5.69 Å². The predicted octanol–water partition coefficient (Wildman–Crippen LogP) is 5.08. The molecule has 0 spiro atoms. The molecule has 118 valence electrons. The van der Waals surface area contributed by atoms with Gasteiger partial charge in [-0.2, -0.15) is 0 Å². The molecule has 1 aliphatic rings. The Morgan fingerprint density at radius 1 is 0.917 bits per heavy atom. The largest absolute Gasteiger partial charge is 0.361 e. The number of nitro groups is 1. The molecule has 0 bridgehead atoms. The number of nitrogens with zero attached hydrogens (tertiary/aromatic N) is 1. The molecule has 4 nitrogen and oxygen atoms in total. The number of rotatable bonds is 3. The molecule has 1 aliphatic carbocycles. The van der Waals surface area contributed by atoms with Crippen molar-refractivity contribution in [1.29, 1.82) is 0 Å². The molecule has 3 aromatic rings. The molecule has 0 unspecified atom stereocenters. The third kappa shape index (κ3) is 2.42. The summed E-state index contributed by atoms with van der Waals surface area (Å²) in [5, 5.41) is 11.3. The molecule has 0 saturated carbocycles. The summed E-state index contributed by atoms with van der Waals surface area (Å²) < 4.78 is 0. The summed E-state index contributed by atoms with van der Waals surface area (Å²) in [6.07, 6.45) is 5.75. The third-order valence-electron chi connectivity index (χ3n) is 4.52. The van der Waals surface area contributed by atoms with Gasteiger partial charge in [0.1, 0.15) is 0 Å². The Morgan fingerprint density at radius 2 is 1.67 bits per heavy atom. The van der Waals surface area contributed by atoms with Crippen LogP contribution in [0.1, 0.15) is 23.2 Å². The summed E-state index contributed by atoms with van der Waals surface area (Å²) in [7, 11) is 0. The number of benzene rings is 2. The molecule has 0 radical (unpaired) electrons. The lowest BCUT2D eigenvalue weighted by Gasteiger charge is -2.15. The van der Waals surface area contributed by atoms with E-state index in [9.17, 15) is 10.1 Å². The average Bonchev–Trinajstić information content (AvgIpc) is 3.05. The molecular weight excluding hydrogens is 300 g/mol. The zero-order chi connectivity index (χ0) is 16.5. The van der Waals surface area contributed by atoms with Crippen molar-refractivity contribution in [1.82, 2.24) is 4.98 Å². The molecule has 0 fully saturated rings. The number of nitrogens with one attached hydrogen (secondary N) is 1. The van der Waals surface area contributed by atoms with Crippen molar-refractivity contribution in [2.75, 3.05) is 0 Å². The summed E-state index contributed by atoms with van der Waals surface area (Å²) in [4.78, 5) is 14.3. The minimum Gasteiger partial charge on any atom is -0.361 e. The Hall–Kier alpha value is -3.14. The zero-order valence-electron chi connectivity index (χ0n) is 13.0. The smallest absolute Gasteiger partial charge is 0.276 e. The number of nitro benzene ring substituents is 1. The van der Waals surface area contributed by atoms with Crippen LogP contribution in [0.15, 0.2) is 60.8 Å². The van der Waals surface area contributed by atoms with E-state index < -0.39 is 0 Å². The van der Waals surface area contributed by atoms with Crippen LogP contribution in [-0.4, -0.2) is 9.91 Å². The molecular formula is C20H16N2O2. The molecule has 0 aliphatic heterocycles. The van der Waals surface area contributed by atoms with E-state index in [0.29, 0.717) is 5.56 Å². The summed E-state index contributed by atoms with van der Waals surface area (Å²) in [6, 6.07) is 17.2. The molecule has 24 heavy (non-hydrogen) atoms. The maximum atomic E-state index is 11.3. The van der Waals surface area contributed by atoms with E-state index in [1.165, 1.54) is 16.7 Å². The molecule has 1 heterocycles. The van der Waals surface area contributed by atoms with Crippen molar-refractivity contribution < 1.29 is 4.92 Å². The van der Waals surface area contributed by atoms with Gasteiger partial charge >= 0.3 is 0 Å². The predicted molar refractivity (Wildman–Crippen MR) is 95.5 cm³/mol. The first kappa shape index (κ1) is 14.5. The van der Waals surface area contributed by atoms with Crippen molar-refractivity contribution in [2.24, 2.45) is 0 Å². The molecule has 1 aromatic heterocycles. The van der Waals surface area contributed by atoms with Gasteiger partial charge in [-0.05, 0) is 41.7 Å². The molecule has 1 N–H and O–H groups in total. The van der Waals surface area contributed by atoms with E-state index in [2.05, 4.69) is 17.1 Å². The van der Waals surface area contributed by atoms with Gasteiger partial charge in [0.2, 0.25) is 0 Å². The number of allylic oxidation sites excluding steroid dienone is 1. The van der Waals surface area contributed by atoms with Crippen LogP contribution in [0.4, 0.5) is 5.69 Å². The second kappa shape index (κ2) is 5.81. The number of aromatic nitrogens is 1. The number of hydrogen-bond donors (Lipinski definition) is 1. The maximum absolute atomic E-state index is 11.3. The highest BCUT2D eigenvalue weighted by molar-refractivity contribution is 5.89. The van der Waals surface area contributed by atoms with Gasteiger partial charge in [-0.25, -0.2) is 0 Å². The lowest BCUT2D eigenvalue weighted by Crippen LogP contribution is -2.01. The normalized spacial score (nSPS) is 13.2. The Kier molecular flexibility index (Phi) is 3.50. The summed E-state index contributed by atoms with van der Waals surface area (Å²) in [5.41, 5.74) is 6.63.